The maximum absolute atomic E-state index is 13.6. The molecule has 2 unspecified atom stereocenters. The summed E-state index contributed by atoms with van der Waals surface area (Å²) in [6.07, 6.45) is 4.73. The number of hydrogen-bond acceptors (Lipinski definition) is 3. The van der Waals surface area contributed by atoms with Crippen LogP contribution in [0, 0.1) is 5.82 Å². The summed E-state index contributed by atoms with van der Waals surface area (Å²) in [5.74, 6) is -0.0697. The summed E-state index contributed by atoms with van der Waals surface area (Å²) in [6, 6.07) is 5.21. The van der Waals surface area contributed by atoms with Gasteiger partial charge in [-0.1, -0.05) is 12.8 Å². The van der Waals surface area contributed by atoms with Crippen LogP contribution in [0.2, 0.25) is 0 Å². The molecular weight excluding hydrogens is 233 g/mol. The zero-order valence-electron chi connectivity index (χ0n) is 10.9. The second kappa shape index (κ2) is 6.05. The van der Waals surface area contributed by atoms with Crippen LogP contribution in [-0.4, -0.2) is 26.4 Å². The van der Waals surface area contributed by atoms with E-state index in [4.69, 9.17) is 9.47 Å². The van der Waals surface area contributed by atoms with Gasteiger partial charge in [0.05, 0.1) is 19.3 Å². The van der Waals surface area contributed by atoms with Crippen LogP contribution in [0.15, 0.2) is 18.2 Å². The molecule has 0 heterocycles. The monoisotopic (exact) mass is 253 g/mol. The summed E-state index contributed by atoms with van der Waals surface area (Å²) >= 11 is 0. The molecule has 1 aromatic rings. The second-order valence-corrected chi connectivity index (χ2v) is 4.66. The minimum atomic E-state index is -0.340. The molecule has 100 valence electrons. The first kappa shape index (κ1) is 13.1. The summed E-state index contributed by atoms with van der Waals surface area (Å²) in [5, 5.41) is 3.35. The lowest BCUT2D eigenvalue weighted by atomic mass is 9.92. The van der Waals surface area contributed by atoms with Crippen LogP contribution >= 0.6 is 0 Å². The van der Waals surface area contributed by atoms with Gasteiger partial charge in [-0.15, -0.1) is 0 Å². The Hall–Kier alpha value is -1.29. The summed E-state index contributed by atoms with van der Waals surface area (Å²) < 4.78 is 24.0. The van der Waals surface area contributed by atoms with E-state index < -0.39 is 0 Å². The normalized spacial score (nSPS) is 23.7. The highest BCUT2D eigenvalue weighted by Gasteiger charge is 2.24. The van der Waals surface area contributed by atoms with Gasteiger partial charge < -0.3 is 14.8 Å². The Kier molecular flexibility index (Phi) is 4.42. The van der Waals surface area contributed by atoms with Gasteiger partial charge in [-0.3, -0.25) is 0 Å². The first-order valence-electron chi connectivity index (χ1n) is 6.37. The average Bonchev–Trinajstić information content (AvgIpc) is 2.39. The SMILES string of the molecule is COc1ccc(NC2CCCCC2OC)cc1F. The second-order valence-electron chi connectivity index (χ2n) is 4.66. The van der Waals surface area contributed by atoms with Crippen LogP contribution in [0.5, 0.6) is 5.75 Å². The molecule has 2 rings (SSSR count). The molecule has 1 aliphatic carbocycles. The topological polar surface area (TPSA) is 30.5 Å². The van der Waals surface area contributed by atoms with Gasteiger partial charge in [-0.2, -0.15) is 0 Å². The van der Waals surface area contributed by atoms with E-state index in [0.29, 0.717) is 0 Å². The number of anilines is 1. The Morgan fingerprint density at radius 2 is 2.00 bits per heavy atom. The van der Waals surface area contributed by atoms with E-state index in [1.165, 1.54) is 26.0 Å². The predicted octanol–water partition coefficient (Wildman–Crippen LogP) is 3.20. The summed E-state index contributed by atoms with van der Waals surface area (Å²) in [6.45, 7) is 0. The molecule has 0 saturated heterocycles. The molecule has 0 spiro atoms. The maximum atomic E-state index is 13.6. The molecule has 2 atom stereocenters. The number of ether oxygens (including phenoxy) is 2. The van der Waals surface area contributed by atoms with Gasteiger partial charge in [0.25, 0.3) is 0 Å². The van der Waals surface area contributed by atoms with Gasteiger partial charge in [0.1, 0.15) is 0 Å². The summed E-state index contributed by atoms with van der Waals surface area (Å²) in [4.78, 5) is 0. The van der Waals surface area contributed by atoms with Crippen LogP contribution in [-0.2, 0) is 4.74 Å². The van der Waals surface area contributed by atoms with Gasteiger partial charge in [0, 0.05) is 18.9 Å². The minimum absolute atomic E-state index is 0.212. The average molecular weight is 253 g/mol. The minimum Gasteiger partial charge on any atom is -0.494 e. The number of hydrogen-bond donors (Lipinski definition) is 1. The Labute approximate surface area is 107 Å². The van der Waals surface area contributed by atoms with Gasteiger partial charge in [-0.25, -0.2) is 4.39 Å². The molecule has 1 saturated carbocycles. The van der Waals surface area contributed by atoms with Crippen LogP contribution in [0.1, 0.15) is 25.7 Å². The van der Waals surface area contributed by atoms with Crippen LogP contribution < -0.4 is 10.1 Å². The predicted molar refractivity (Wildman–Crippen MR) is 69.6 cm³/mol. The van der Waals surface area contributed by atoms with Crippen molar-refractivity contribution < 1.29 is 13.9 Å². The Morgan fingerprint density at radius 3 is 2.67 bits per heavy atom. The molecule has 1 fully saturated rings. The van der Waals surface area contributed by atoms with Crippen LogP contribution in [0.4, 0.5) is 10.1 Å². The van der Waals surface area contributed by atoms with Gasteiger partial charge in [0.15, 0.2) is 11.6 Å². The summed E-state index contributed by atoms with van der Waals surface area (Å²) in [7, 11) is 3.20. The fourth-order valence-electron chi connectivity index (χ4n) is 2.51. The molecule has 1 N–H and O–H groups in total. The lowest BCUT2D eigenvalue weighted by molar-refractivity contribution is 0.0606. The van der Waals surface area contributed by atoms with Crippen molar-refractivity contribution in [2.24, 2.45) is 0 Å². The third kappa shape index (κ3) is 2.93. The fourth-order valence-corrected chi connectivity index (χ4v) is 2.51. The number of nitrogens with one attached hydrogen (secondary N) is 1. The molecule has 0 aliphatic heterocycles. The van der Waals surface area contributed by atoms with Gasteiger partial charge >= 0.3 is 0 Å². The lowest BCUT2D eigenvalue weighted by Gasteiger charge is -2.31. The third-order valence-corrected chi connectivity index (χ3v) is 3.51. The van der Waals surface area contributed by atoms with Gasteiger partial charge in [0.2, 0.25) is 0 Å². The van der Waals surface area contributed by atoms with Crippen molar-refractivity contribution in [2.75, 3.05) is 19.5 Å². The van der Waals surface area contributed by atoms with Crippen LogP contribution in [0.3, 0.4) is 0 Å². The van der Waals surface area contributed by atoms with E-state index in [2.05, 4.69) is 5.32 Å². The number of rotatable bonds is 4. The molecule has 18 heavy (non-hydrogen) atoms. The molecule has 0 aromatic heterocycles. The van der Waals surface area contributed by atoms with E-state index in [0.717, 1.165) is 18.5 Å². The Bertz CT molecular complexity index is 397. The maximum Gasteiger partial charge on any atom is 0.167 e. The Morgan fingerprint density at radius 1 is 1.22 bits per heavy atom. The highest BCUT2D eigenvalue weighted by molar-refractivity contribution is 5.48. The number of benzene rings is 1. The smallest absolute Gasteiger partial charge is 0.167 e. The largest absolute Gasteiger partial charge is 0.494 e. The molecule has 0 amide bonds. The van der Waals surface area contributed by atoms with E-state index in [-0.39, 0.29) is 23.7 Å². The van der Waals surface area contributed by atoms with Crippen molar-refractivity contribution in [3.8, 4) is 5.75 Å². The zero-order chi connectivity index (χ0) is 13.0. The van der Waals surface area contributed by atoms with E-state index in [9.17, 15) is 4.39 Å². The molecule has 1 aromatic carbocycles. The highest BCUT2D eigenvalue weighted by Crippen LogP contribution is 2.26. The van der Waals surface area contributed by atoms with Crippen molar-refractivity contribution >= 4 is 5.69 Å². The molecule has 1 aliphatic rings. The quantitative estimate of drug-likeness (QED) is 0.893. The number of halogens is 1. The highest BCUT2D eigenvalue weighted by atomic mass is 19.1. The zero-order valence-corrected chi connectivity index (χ0v) is 10.9. The lowest BCUT2D eigenvalue weighted by Crippen LogP contribution is -2.37. The van der Waals surface area contributed by atoms with Crippen molar-refractivity contribution in [2.45, 2.75) is 37.8 Å². The standard InChI is InChI=1S/C14H20FNO2/c1-17-13-8-7-10(9-11(13)15)16-12-5-3-4-6-14(12)18-2/h7-9,12,14,16H,3-6H2,1-2H3. The fraction of sp³-hybridized carbons (Fsp3) is 0.571. The summed E-state index contributed by atoms with van der Waals surface area (Å²) in [5.41, 5.74) is 0.780. The van der Waals surface area contributed by atoms with E-state index >= 15 is 0 Å². The van der Waals surface area contributed by atoms with Crippen molar-refractivity contribution in [1.29, 1.82) is 0 Å². The van der Waals surface area contributed by atoms with Crippen LogP contribution in [0.25, 0.3) is 0 Å². The van der Waals surface area contributed by atoms with Crippen molar-refractivity contribution in [3.63, 3.8) is 0 Å². The molecule has 3 nitrogen and oxygen atoms in total. The molecular formula is C14H20FNO2. The van der Waals surface area contributed by atoms with Gasteiger partial charge in [-0.05, 0) is 25.0 Å². The van der Waals surface area contributed by atoms with E-state index in [1.807, 2.05) is 6.07 Å². The Balaban J connectivity index is 2.05. The van der Waals surface area contributed by atoms with Crippen molar-refractivity contribution in [1.82, 2.24) is 0 Å². The third-order valence-electron chi connectivity index (χ3n) is 3.51. The van der Waals surface area contributed by atoms with Crippen molar-refractivity contribution in [3.05, 3.63) is 24.0 Å². The molecule has 0 radical (unpaired) electrons. The number of methoxy groups -OCH3 is 2. The first-order valence-corrected chi connectivity index (χ1v) is 6.37. The first-order chi connectivity index (χ1) is 8.74. The van der Waals surface area contributed by atoms with E-state index in [1.54, 1.807) is 13.2 Å². The molecule has 0 bridgehead atoms. The molecule has 4 heteroatoms.